The average molecular weight is 298 g/mol. The Labute approximate surface area is 122 Å². The van der Waals surface area contributed by atoms with Crippen LogP contribution in [0.4, 0.5) is 14.9 Å². The Hall–Kier alpha value is -2.31. The molecule has 0 heterocycles. The van der Waals surface area contributed by atoms with E-state index >= 15 is 0 Å². The summed E-state index contributed by atoms with van der Waals surface area (Å²) in [7, 11) is 1.43. The molecule has 0 aliphatic rings. The van der Waals surface area contributed by atoms with Crippen molar-refractivity contribution in [2.75, 3.05) is 19.0 Å². The van der Waals surface area contributed by atoms with Gasteiger partial charge < -0.3 is 20.5 Å². The molecule has 6 nitrogen and oxygen atoms in total. The summed E-state index contributed by atoms with van der Waals surface area (Å²) in [6.45, 7) is 3.19. The average Bonchev–Trinajstić information content (AvgIpc) is 2.46. The topological polar surface area (TPSA) is 87.7 Å². The molecule has 1 aromatic carbocycles. The van der Waals surface area contributed by atoms with Crippen molar-refractivity contribution in [2.24, 2.45) is 5.41 Å². The standard InChI is InChI=1S/C14H19FN2O4/c1-4-14(2,12(18)19)8-16-13(20)17-11-7-9(21-3)5-6-10(11)15/h5-7H,4,8H2,1-3H3,(H,18,19)(H2,16,17,20). The first-order chi connectivity index (χ1) is 9.82. The molecule has 0 aliphatic heterocycles. The van der Waals surface area contributed by atoms with E-state index in [4.69, 9.17) is 9.84 Å². The number of carbonyl (C=O) groups is 2. The lowest BCUT2D eigenvalue weighted by atomic mass is 9.88. The monoisotopic (exact) mass is 298 g/mol. The number of carbonyl (C=O) groups excluding carboxylic acids is 1. The van der Waals surface area contributed by atoms with E-state index in [0.717, 1.165) is 0 Å². The van der Waals surface area contributed by atoms with E-state index < -0.39 is 23.2 Å². The Morgan fingerprint density at radius 2 is 2.10 bits per heavy atom. The molecule has 3 N–H and O–H groups in total. The fourth-order valence-electron chi connectivity index (χ4n) is 1.52. The van der Waals surface area contributed by atoms with Crippen LogP contribution in [-0.4, -0.2) is 30.8 Å². The van der Waals surface area contributed by atoms with Crippen molar-refractivity contribution in [2.45, 2.75) is 20.3 Å². The quantitative estimate of drug-likeness (QED) is 0.753. The molecule has 1 atom stereocenters. The fraction of sp³-hybridized carbons (Fsp3) is 0.429. The highest BCUT2D eigenvalue weighted by Crippen LogP contribution is 2.22. The van der Waals surface area contributed by atoms with Gasteiger partial charge in [-0.05, 0) is 25.5 Å². The predicted molar refractivity (Wildman–Crippen MR) is 76.0 cm³/mol. The van der Waals surface area contributed by atoms with Gasteiger partial charge in [-0.3, -0.25) is 4.79 Å². The van der Waals surface area contributed by atoms with Crippen LogP contribution in [0.2, 0.25) is 0 Å². The van der Waals surface area contributed by atoms with Crippen LogP contribution in [0.25, 0.3) is 0 Å². The minimum Gasteiger partial charge on any atom is -0.497 e. The third-order valence-corrected chi connectivity index (χ3v) is 3.36. The minimum absolute atomic E-state index is 0.0413. The van der Waals surface area contributed by atoms with E-state index in [1.165, 1.54) is 32.2 Å². The van der Waals surface area contributed by atoms with Gasteiger partial charge in [0, 0.05) is 12.6 Å². The second kappa shape index (κ2) is 6.92. The van der Waals surface area contributed by atoms with E-state index in [0.29, 0.717) is 12.2 Å². The molecule has 0 spiro atoms. The van der Waals surface area contributed by atoms with Crippen LogP contribution in [0.1, 0.15) is 20.3 Å². The van der Waals surface area contributed by atoms with Crippen molar-refractivity contribution in [1.82, 2.24) is 5.32 Å². The molecule has 0 aromatic heterocycles. The first kappa shape index (κ1) is 16.7. The number of benzene rings is 1. The summed E-state index contributed by atoms with van der Waals surface area (Å²) in [5.41, 5.74) is -1.11. The molecule has 116 valence electrons. The van der Waals surface area contributed by atoms with Gasteiger partial charge >= 0.3 is 12.0 Å². The van der Waals surface area contributed by atoms with Gasteiger partial charge in [0.15, 0.2) is 0 Å². The molecular formula is C14H19FN2O4. The van der Waals surface area contributed by atoms with Gasteiger partial charge in [-0.1, -0.05) is 6.92 Å². The number of hydrogen-bond acceptors (Lipinski definition) is 3. The number of ether oxygens (including phenoxy) is 1. The van der Waals surface area contributed by atoms with Crippen LogP contribution in [-0.2, 0) is 4.79 Å². The van der Waals surface area contributed by atoms with Crippen LogP contribution in [0.15, 0.2) is 18.2 Å². The molecule has 0 saturated carbocycles. The maximum absolute atomic E-state index is 13.5. The Kier molecular flexibility index (Phi) is 5.52. The lowest BCUT2D eigenvalue weighted by Crippen LogP contribution is -2.42. The van der Waals surface area contributed by atoms with E-state index in [1.54, 1.807) is 6.92 Å². The highest BCUT2D eigenvalue weighted by atomic mass is 19.1. The Morgan fingerprint density at radius 3 is 2.62 bits per heavy atom. The maximum atomic E-state index is 13.5. The fourth-order valence-corrected chi connectivity index (χ4v) is 1.52. The van der Waals surface area contributed by atoms with Gasteiger partial charge in [0.2, 0.25) is 0 Å². The molecule has 0 aliphatic carbocycles. The summed E-state index contributed by atoms with van der Waals surface area (Å²) in [6.07, 6.45) is 0.357. The molecule has 0 saturated heterocycles. The van der Waals surface area contributed by atoms with Crippen molar-refractivity contribution < 1.29 is 23.8 Å². The molecular weight excluding hydrogens is 279 g/mol. The minimum atomic E-state index is -1.07. The van der Waals surface area contributed by atoms with Crippen LogP contribution < -0.4 is 15.4 Å². The number of carboxylic acids is 1. The number of aliphatic carboxylic acids is 1. The number of amides is 2. The number of rotatable bonds is 6. The van der Waals surface area contributed by atoms with Gasteiger partial charge in [-0.15, -0.1) is 0 Å². The summed E-state index contributed by atoms with van der Waals surface area (Å²) < 4.78 is 18.5. The van der Waals surface area contributed by atoms with Crippen molar-refractivity contribution in [3.63, 3.8) is 0 Å². The van der Waals surface area contributed by atoms with Crippen LogP contribution in [0.5, 0.6) is 5.75 Å². The van der Waals surface area contributed by atoms with E-state index in [1.807, 2.05) is 0 Å². The predicted octanol–water partition coefficient (Wildman–Crippen LogP) is 2.46. The molecule has 1 unspecified atom stereocenters. The van der Waals surface area contributed by atoms with Crippen LogP contribution >= 0.6 is 0 Å². The first-order valence-electron chi connectivity index (χ1n) is 6.44. The third kappa shape index (κ3) is 4.34. The summed E-state index contributed by atoms with van der Waals surface area (Å²) in [5.74, 6) is -1.21. The zero-order chi connectivity index (χ0) is 16.0. The molecule has 7 heteroatoms. The van der Waals surface area contributed by atoms with Gasteiger partial charge in [0.25, 0.3) is 0 Å². The summed E-state index contributed by atoms with van der Waals surface area (Å²) in [4.78, 5) is 22.8. The highest BCUT2D eigenvalue weighted by Gasteiger charge is 2.31. The largest absolute Gasteiger partial charge is 0.497 e. The Morgan fingerprint density at radius 1 is 1.43 bits per heavy atom. The maximum Gasteiger partial charge on any atom is 0.319 e. The van der Waals surface area contributed by atoms with E-state index in [9.17, 15) is 14.0 Å². The van der Waals surface area contributed by atoms with Crippen LogP contribution in [0.3, 0.4) is 0 Å². The molecule has 1 rings (SSSR count). The number of carboxylic acid groups (broad SMARTS) is 1. The Bertz CT molecular complexity index is 536. The molecule has 21 heavy (non-hydrogen) atoms. The molecule has 0 radical (unpaired) electrons. The summed E-state index contributed by atoms with van der Waals surface area (Å²) in [6, 6.07) is 3.26. The summed E-state index contributed by atoms with van der Waals surface area (Å²) >= 11 is 0. The van der Waals surface area contributed by atoms with Gasteiger partial charge in [-0.25, -0.2) is 9.18 Å². The second-order valence-corrected chi connectivity index (χ2v) is 4.87. The van der Waals surface area contributed by atoms with Crippen molar-refractivity contribution in [1.29, 1.82) is 0 Å². The Balaban J connectivity index is 2.68. The third-order valence-electron chi connectivity index (χ3n) is 3.36. The number of anilines is 1. The number of hydrogen-bond donors (Lipinski definition) is 3. The highest BCUT2D eigenvalue weighted by molar-refractivity contribution is 5.90. The lowest BCUT2D eigenvalue weighted by molar-refractivity contribution is -0.147. The molecule has 0 fully saturated rings. The van der Waals surface area contributed by atoms with Crippen molar-refractivity contribution in [3.05, 3.63) is 24.0 Å². The van der Waals surface area contributed by atoms with Crippen molar-refractivity contribution >= 4 is 17.7 Å². The zero-order valence-electron chi connectivity index (χ0n) is 12.2. The molecule has 2 amide bonds. The van der Waals surface area contributed by atoms with Gasteiger partial charge in [0.1, 0.15) is 11.6 Å². The molecule has 1 aromatic rings. The smallest absolute Gasteiger partial charge is 0.319 e. The number of methoxy groups -OCH3 is 1. The van der Waals surface area contributed by atoms with E-state index in [2.05, 4.69) is 10.6 Å². The number of nitrogens with one attached hydrogen (secondary N) is 2. The van der Waals surface area contributed by atoms with Gasteiger partial charge in [-0.2, -0.15) is 0 Å². The van der Waals surface area contributed by atoms with E-state index in [-0.39, 0.29) is 12.2 Å². The number of halogens is 1. The molecule has 0 bridgehead atoms. The lowest BCUT2D eigenvalue weighted by Gasteiger charge is -2.23. The SMILES string of the molecule is CCC(C)(CNC(=O)Nc1cc(OC)ccc1F)C(=O)O. The normalized spacial score (nSPS) is 13.1. The van der Waals surface area contributed by atoms with Gasteiger partial charge in [0.05, 0.1) is 18.2 Å². The summed E-state index contributed by atoms with van der Waals surface area (Å²) in [5, 5.41) is 13.9. The zero-order valence-corrected chi connectivity index (χ0v) is 12.2. The van der Waals surface area contributed by atoms with Crippen molar-refractivity contribution in [3.8, 4) is 5.75 Å². The first-order valence-corrected chi connectivity index (χ1v) is 6.44. The number of urea groups is 1. The second-order valence-electron chi connectivity index (χ2n) is 4.87. The van der Waals surface area contributed by atoms with Crippen LogP contribution in [0, 0.1) is 11.2 Å².